The molecule has 34 heavy (non-hydrogen) atoms. The van der Waals surface area contributed by atoms with Crippen LogP contribution < -0.4 is 4.90 Å². The number of hydrogen-bond donors (Lipinski definition) is 0. The first kappa shape index (κ1) is 22.3. The average molecular weight is 460 g/mol. The molecule has 1 aromatic carbocycles. The summed E-state index contributed by atoms with van der Waals surface area (Å²) in [5.41, 5.74) is 7.45. The van der Waals surface area contributed by atoms with Gasteiger partial charge in [-0.25, -0.2) is 0 Å². The van der Waals surface area contributed by atoms with Crippen LogP contribution in [0.5, 0.6) is 0 Å². The number of rotatable bonds is 2. The molecule has 0 N–H and O–H groups in total. The topological polar surface area (TPSA) is 38.8 Å². The Balaban J connectivity index is 1.48. The molecule has 6 rings (SSSR count). The standard InChI is InChI=1S/C30H37NO3/c1-19-14-16-34-30(19)15-13-26-25-11-7-21-17-23(32)10-12-24(21)27(25)28(33-18-29(26,30)2)20-5-8-22(9-6-20)31(3)4/h5-9,25-26,28H,1,10-18H2,2-4H3/t25-,26-,28+,29-,30?/m0/s1. The van der Waals surface area contributed by atoms with Gasteiger partial charge in [-0.2, -0.15) is 0 Å². The Kier molecular flexibility index (Phi) is 5.20. The minimum absolute atomic E-state index is 0.0674. The fourth-order valence-electron chi connectivity index (χ4n) is 7.88. The van der Waals surface area contributed by atoms with Crippen LogP contribution in [0, 0.1) is 17.3 Å². The molecule has 1 unspecified atom stereocenters. The van der Waals surface area contributed by atoms with E-state index in [1.807, 2.05) is 0 Å². The van der Waals surface area contributed by atoms with Crippen LogP contribution in [0.25, 0.3) is 0 Å². The third-order valence-corrected chi connectivity index (χ3v) is 9.70. The molecular formula is C30H37NO3. The predicted octanol–water partition coefficient (Wildman–Crippen LogP) is 5.95. The summed E-state index contributed by atoms with van der Waals surface area (Å²) in [7, 11) is 4.15. The van der Waals surface area contributed by atoms with E-state index in [1.54, 1.807) is 0 Å². The second-order valence-corrected chi connectivity index (χ2v) is 11.5. The lowest BCUT2D eigenvalue weighted by molar-refractivity contribution is -0.118. The van der Waals surface area contributed by atoms with Crippen molar-refractivity contribution < 1.29 is 14.3 Å². The zero-order chi connectivity index (χ0) is 23.7. The number of ether oxygens (including phenoxy) is 2. The number of hydrogen-bond acceptors (Lipinski definition) is 4. The Morgan fingerprint density at radius 3 is 2.62 bits per heavy atom. The number of nitrogens with zero attached hydrogens (tertiary/aromatic N) is 1. The van der Waals surface area contributed by atoms with Crippen LogP contribution in [-0.2, 0) is 14.3 Å². The Hall–Kier alpha value is -2.17. The first-order valence-corrected chi connectivity index (χ1v) is 13.0. The summed E-state index contributed by atoms with van der Waals surface area (Å²) in [4.78, 5) is 14.4. The lowest BCUT2D eigenvalue weighted by Crippen LogP contribution is -2.49. The Morgan fingerprint density at radius 1 is 1.12 bits per heavy atom. The summed E-state index contributed by atoms with van der Waals surface area (Å²) in [5.74, 6) is 1.29. The van der Waals surface area contributed by atoms with Gasteiger partial charge in [-0.1, -0.05) is 31.7 Å². The van der Waals surface area contributed by atoms with Crippen LogP contribution in [0.1, 0.15) is 63.5 Å². The lowest BCUT2D eigenvalue weighted by atomic mass is 9.61. The summed E-state index contributed by atoms with van der Waals surface area (Å²) in [6.45, 7) is 8.36. The first-order valence-electron chi connectivity index (χ1n) is 13.0. The van der Waals surface area contributed by atoms with Crippen LogP contribution in [0.15, 0.2) is 59.2 Å². The minimum atomic E-state index is -0.260. The number of fused-ring (bicyclic) bond motifs is 5. The van der Waals surface area contributed by atoms with Crippen molar-refractivity contribution in [2.24, 2.45) is 17.3 Å². The monoisotopic (exact) mass is 459 g/mol. The molecule has 4 fully saturated rings. The normalized spacial score (nSPS) is 37.3. The van der Waals surface area contributed by atoms with Crippen LogP contribution in [-0.4, -0.2) is 38.7 Å². The number of ketones is 1. The van der Waals surface area contributed by atoms with E-state index in [9.17, 15) is 4.79 Å². The molecule has 0 radical (unpaired) electrons. The predicted molar refractivity (Wildman–Crippen MR) is 135 cm³/mol. The fourth-order valence-corrected chi connectivity index (χ4v) is 7.88. The van der Waals surface area contributed by atoms with E-state index in [0.29, 0.717) is 37.1 Å². The SMILES string of the molecule is C=C1CCOC12CC[C@H]1[C@@H]3CC=C4CC(=O)CCC4=C3[C@@H](c3ccc(N(C)C)cc3)OC[C@@]12C. The molecule has 2 saturated heterocycles. The highest BCUT2D eigenvalue weighted by Gasteiger charge is 2.64. The Morgan fingerprint density at radius 2 is 1.91 bits per heavy atom. The summed E-state index contributed by atoms with van der Waals surface area (Å²) in [6, 6.07) is 8.86. The van der Waals surface area contributed by atoms with Gasteiger partial charge in [0.15, 0.2) is 0 Å². The smallest absolute Gasteiger partial charge is 0.137 e. The van der Waals surface area contributed by atoms with E-state index in [-0.39, 0.29) is 17.1 Å². The second kappa shape index (κ2) is 7.93. The fraction of sp³-hybridized carbons (Fsp3) is 0.567. The van der Waals surface area contributed by atoms with Gasteiger partial charge in [-0.3, -0.25) is 4.79 Å². The van der Waals surface area contributed by atoms with E-state index in [4.69, 9.17) is 9.47 Å². The van der Waals surface area contributed by atoms with E-state index >= 15 is 0 Å². The van der Waals surface area contributed by atoms with Crippen molar-refractivity contribution in [2.45, 2.75) is 63.6 Å². The molecule has 4 heteroatoms. The minimum Gasteiger partial charge on any atom is -0.378 e. The van der Waals surface area contributed by atoms with Gasteiger partial charge < -0.3 is 14.4 Å². The highest BCUT2D eigenvalue weighted by atomic mass is 16.5. The van der Waals surface area contributed by atoms with E-state index in [1.165, 1.54) is 33.5 Å². The molecule has 2 saturated carbocycles. The highest BCUT2D eigenvalue weighted by Crippen LogP contribution is 2.65. The summed E-state index contributed by atoms with van der Waals surface area (Å²) in [5, 5.41) is 0. The van der Waals surface area contributed by atoms with Gasteiger partial charge in [-0.05, 0) is 83.9 Å². The third-order valence-electron chi connectivity index (χ3n) is 9.70. The number of carbonyl (C=O) groups excluding carboxylic acids is 1. The van der Waals surface area contributed by atoms with Crippen LogP contribution in [0.4, 0.5) is 5.69 Å². The van der Waals surface area contributed by atoms with Crippen LogP contribution in [0.2, 0.25) is 0 Å². The molecule has 3 aliphatic carbocycles. The van der Waals surface area contributed by atoms with E-state index in [2.05, 4.69) is 62.8 Å². The highest BCUT2D eigenvalue weighted by molar-refractivity contribution is 5.84. The van der Waals surface area contributed by atoms with Gasteiger partial charge in [0.2, 0.25) is 0 Å². The van der Waals surface area contributed by atoms with Crippen LogP contribution in [0.3, 0.4) is 0 Å². The maximum Gasteiger partial charge on any atom is 0.137 e. The quantitative estimate of drug-likeness (QED) is 0.512. The zero-order valence-electron chi connectivity index (χ0n) is 20.9. The summed E-state index contributed by atoms with van der Waals surface area (Å²) < 4.78 is 13.5. The van der Waals surface area contributed by atoms with Crippen molar-refractivity contribution in [1.29, 1.82) is 0 Å². The number of Topliss-reactive ketones (excluding diaryl/α,β-unsaturated/α-hetero) is 1. The van der Waals surface area contributed by atoms with E-state index in [0.717, 1.165) is 38.7 Å². The Bertz CT molecular complexity index is 1100. The average Bonchev–Trinajstić information content (AvgIpc) is 3.30. The Labute approximate surface area is 203 Å². The molecular weight excluding hydrogens is 422 g/mol. The zero-order valence-corrected chi connectivity index (χ0v) is 20.9. The van der Waals surface area contributed by atoms with Crippen molar-refractivity contribution >= 4 is 11.5 Å². The molecule has 0 aromatic heterocycles. The molecule has 5 aliphatic rings. The molecule has 0 amide bonds. The van der Waals surface area contributed by atoms with Crippen molar-refractivity contribution in [3.8, 4) is 0 Å². The maximum atomic E-state index is 12.3. The largest absolute Gasteiger partial charge is 0.378 e. The molecule has 1 spiro atoms. The maximum absolute atomic E-state index is 12.3. The number of carbonyl (C=O) groups is 1. The molecule has 4 nitrogen and oxygen atoms in total. The lowest BCUT2D eigenvalue weighted by Gasteiger charge is -2.45. The van der Waals surface area contributed by atoms with Gasteiger partial charge in [0.1, 0.15) is 11.9 Å². The van der Waals surface area contributed by atoms with Gasteiger partial charge in [-0.15, -0.1) is 0 Å². The van der Waals surface area contributed by atoms with Gasteiger partial charge in [0, 0.05) is 38.0 Å². The van der Waals surface area contributed by atoms with Gasteiger partial charge in [0.25, 0.3) is 0 Å². The second-order valence-electron chi connectivity index (χ2n) is 11.5. The van der Waals surface area contributed by atoms with Crippen molar-refractivity contribution in [1.82, 2.24) is 0 Å². The van der Waals surface area contributed by atoms with Crippen LogP contribution >= 0.6 is 0 Å². The number of allylic oxidation sites excluding steroid dienone is 3. The van der Waals surface area contributed by atoms with Crippen molar-refractivity contribution in [3.63, 3.8) is 0 Å². The molecule has 180 valence electrons. The number of anilines is 1. The van der Waals surface area contributed by atoms with Crippen molar-refractivity contribution in [3.05, 3.63) is 64.8 Å². The first-order chi connectivity index (χ1) is 16.3. The molecule has 0 bridgehead atoms. The molecule has 5 atom stereocenters. The molecule has 2 aliphatic heterocycles. The van der Waals surface area contributed by atoms with Gasteiger partial charge >= 0.3 is 0 Å². The number of benzene rings is 1. The summed E-state index contributed by atoms with van der Waals surface area (Å²) >= 11 is 0. The molecule has 1 aromatic rings. The van der Waals surface area contributed by atoms with E-state index < -0.39 is 0 Å². The summed E-state index contributed by atoms with van der Waals surface area (Å²) in [6.07, 6.45) is 8.56. The third kappa shape index (κ3) is 3.07. The van der Waals surface area contributed by atoms with Crippen molar-refractivity contribution in [2.75, 3.05) is 32.2 Å². The van der Waals surface area contributed by atoms with Gasteiger partial charge in [0.05, 0.1) is 18.8 Å². The molecule has 2 heterocycles.